The average molecular weight is 166 g/mol. The summed E-state index contributed by atoms with van der Waals surface area (Å²) in [5.74, 6) is 0. The standard InChI is InChI=1S/C10H15N.H3N/c1-10(2,3)7-9-5-4-6-11-8-9;/h4-6,8H,7H2,1-3H3;1H3. The molecule has 0 aromatic carbocycles. The van der Waals surface area contributed by atoms with Gasteiger partial charge < -0.3 is 6.15 Å². The van der Waals surface area contributed by atoms with E-state index in [1.165, 1.54) is 5.56 Å². The van der Waals surface area contributed by atoms with Crippen LogP contribution in [0.25, 0.3) is 0 Å². The van der Waals surface area contributed by atoms with Crippen molar-refractivity contribution < 1.29 is 0 Å². The van der Waals surface area contributed by atoms with Crippen LogP contribution < -0.4 is 6.15 Å². The Morgan fingerprint density at radius 3 is 2.42 bits per heavy atom. The summed E-state index contributed by atoms with van der Waals surface area (Å²) in [6.45, 7) is 6.71. The second-order valence-corrected chi connectivity index (χ2v) is 4.10. The van der Waals surface area contributed by atoms with Gasteiger partial charge in [-0.1, -0.05) is 26.8 Å². The lowest BCUT2D eigenvalue weighted by atomic mass is 9.89. The molecule has 2 nitrogen and oxygen atoms in total. The van der Waals surface area contributed by atoms with Crippen molar-refractivity contribution >= 4 is 0 Å². The largest absolute Gasteiger partial charge is 0.344 e. The maximum atomic E-state index is 4.07. The zero-order valence-corrected chi connectivity index (χ0v) is 8.17. The molecule has 0 spiro atoms. The summed E-state index contributed by atoms with van der Waals surface area (Å²) in [6.07, 6.45) is 4.85. The van der Waals surface area contributed by atoms with Gasteiger partial charge in [-0.3, -0.25) is 4.98 Å². The first-order valence-electron chi connectivity index (χ1n) is 3.97. The van der Waals surface area contributed by atoms with Crippen LogP contribution in [0.4, 0.5) is 0 Å². The minimum absolute atomic E-state index is 0. The van der Waals surface area contributed by atoms with Crippen LogP contribution in [0.15, 0.2) is 24.5 Å². The van der Waals surface area contributed by atoms with Gasteiger partial charge in [0.05, 0.1) is 0 Å². The van der Waals surface area contributed by atoms with Gasteiger partial charge in [-0.25, -0.2) is 0 Å². The van der Waals surface area contributed by atoms with E-state index in [1.54, 1.807) is 0 Å². The van der Waals surface area contributed by atoms with Gasteiger partial charge >= 0.3 is 0 Å². The first kappa shape index (κ1) is 11.1. The molecule has 68 valence electrons. The highest BCUT2D eigenvalue weighted by molar-refractivity contribution is 5.09. The van der Waals surface area contributed by atoms with Crippen molar-refractivity contribution in [2.45, 2.75) is 27.2 Å². The zero-order chi connectivity index (χ0) is 8.32. The zero-order valence-electron chi connectivity index (χ0n) is 8.17. The molecule has 0 aliphatic heterocycles. The summed E-state index contributed by atoms with van der Waals surface area (Å²) in [5, 5.41) is 0. The number of pyridine rings is 1. The number of aromatic nitrogens is 1. The predicted molar refractivity (Wildman–Crippen MR) is 52.4 cm³/mol. The smallest absolute Gasteiger partial charge is 0.0300 e. The van der Waals surface area contributed by atoms with Crippen LogP contribution in [-0.4, -0.2) is 4.98 Å². The van der Waals surface area contributed by atoms with Crippen molar-refractivity contribution in [3.63, 3.8) is 0 Å². The topological polar surface area (TPSA) is 47.9 Å². The molecular weight excluding hydrogens is 148 g/mol. The van der Waals surface area contributed by atoms with Crippen LogP contribution in [0.5, 0.6) is 0 Å². The van der Waals surface area contributed by atoms with Crippen molar-refractivity contribution in [3.05, 3.63) is 30.1 Å². The monoisotopic (exact) mass is 166 g/mol. The quantitative estimate of drug-likeness (QED) is 0.697. The van der Waals surface area contributed by atoms with E-state index < -0.39 is 0 Å². The molecule has 0 saturated carbocycles. The lowest BCUT2D eigenvalue weighted by molar-refractivity contribution is 0.411. The van der Waals surface area contributed by atoms with Crippen molar-refractivity contribution in [3.8, 4) is 0 Å². The predicted octanol–water partition coefficient (Wildman–Crippen LogP) is 2.83. The van der Waals surface area contributed by atoms with Crippen molar-refractivity contribution in [1.82, 2.24) is 11.1 Å². The average Bonchev–Trinajstić information content (AvgIpc) is 1.85. The third kappa shape index (κ3) is 4.09. The van der Waals surface area contributed by atoms with Crippen LogP contribution in [0, 0.1) is 5.41 Å². The maximum Gasteiger partial charge on any atom is 0.0300 e. The summed E-state index contributed by atoms with van der Waals surface area (Å²) in [7, 11) is 0. The van der Waals surface area contributed by atoms with Crippen molar-refractivity contribution in [2.75, 3.05) is 0 Å². The van der Waals surface area contributed by atoms with Gasteiger partial charge in [-0.05, 0) is 23.5 Å². The molecule has 3 N–H and O–H groups in total. The normalized spacial score (nSPS) is 10.6. The third-order valence-electron chi connectivity index (χ3n) is 1.46. The van der Waals surface area contributed by atoms with Gasteiger partial charge in [-0.15, -0.1) is 0 Å². The molecule has 0 bridgehead atoms. The van der Waals surface area contributed by atoms with E-state index in [1.807, 2.05) is 18.5 Å². The Bertz CT molecular complexity index is 211. The molecular formula is C10H18N2. The summed E-state index contributed by atoms with van der Waals surface area (Å²) in [6, 6.07) is 4.11. The molecule has 0 aliphatic carbocycles. The Balaban J connectivity index is 0.00000121. The van der Waals surface area contributed by atoms with Gasteiger partial charge in [-0.2, -0.15) is 0 Å². The van der Waals surface area contributed by atoms with Gasteiger partial charge in [0.25, 0.3) is 0 Å². The van der Waals surface area contributed by atoms with Crippen LogP contribution in [0.1, 0.15) is 26.3 Å². The molecule has 0 amide bonds. The second-order valence-electron chi connectivity index (χ2n) is 4.10. The molecule has 1 rings (SSSR count). The molecule has 2 heteroatoms. The minimum Gasteiger partial charge on any atom is -0.344 e. The minimum atomic E-state index is 0. The van der Waals surface area contributed by atoms with E-state index in [9.17, 15) is 0 Å². The lowest BCUT2D eigenvalue weighted by Crippen LogP contribution is -2.08. The highest BCUT2D eigenvalue weighted by Crippen LogP contribution is 2.19. The van der Waals surface area contributed by atoms with Gasteiger partial charge in [0.2, 0.25) is 0 Å². The molecule has 0 unspecified atom stereocenters. The van der Waals surface area contributed by atoms with Gasteiger partial charge in [0.15, 0.2) is 0 Å². The Morgan fingerprint density at radius 2 is 2.00 bits per heavy atom. The Labute approximate surface area is 74.6 Å². The Kier molecular flexibility index (Phi) is 3.90. The van der Waals surface area contributed by atoms with E-state index in [2.05, 4.69) is 31.8 Å². The molecule has 12 heavy (non-hydrogen) atoms. The molecule has 0 saturated heterocycles. The van der Waals surface area contributed by atoms with Gasteiger partial charge in [0.1, 0.15) is 0 Å². The first-order chi connectivity index (χ1) is 5.08. The van der Waals surface area contributed by atoms with E-state index in [0.29, 0.717) is 5.41 Å². The van der Waals surface area contributed by atoms with E-state index in [4.69, 9.17) is 0 Å². The van der Waals surface area contributed by atoms with Crippen LogP contribution in [0.2, 0.25) is 0 Å². The van der Waals surface area contributed by atoms with Crippen molar-refractivity contribution in [1.29, 1.82) is 0 Å². The molecule has 0 aliphatic rings. The number of rotatable bonds is 1. The van der Waals surface area contributed by atoms with E-state index >= 15 is 0 Å². The Hall–Kier alpha value is -0.890. The first-order valence-corrected chi connectivity index (χ1v) is 3.97. The molecule has 1 aromatic rings. The molecule has 1 aromatic heterocycles. The number of hydrogen-bond acceptors (Lipinski definition) is 2. The highest BCUT2D eigenvalue weighted by Gasteiger charge is 2.10. The molecule has 0 radical (unpaired) electrons. The summed E-state index contributed by atoms with van der Waals surface area (Å²) < 4.78 is 0. The fraction of sp³-hybridized carbons (Fsp3) is 0.500. The van der Waals surface area contributed by atoms with Crippen LogP contribution in [-0.2, 0) is 6.42 Å². The fourth-order valence-corrected chi connectivity index (χ4v) is 1.12. The molecule has 1 heterocycles. The van der Waals surface area contributed by atoms with Gasteiger partial charge in [0, 0.05) is 12.4 Å². The van der Waals surface area contributed by atoms with Crippen molar-refractivity contribution in [2.24, 2.45) is 5.41 Å². The fourth-order valence-electron chi connectivity index (χ4n) is 1.12. The number of nitrogens with zero attached hydrogens (tertiary/aromatic N) is 1. The van der Waals surface area contributed by atoms with E-state index in [0.717, 1.165) is 6.42 Å². The van der Waals surface area contributed by atoms with Crippen LogP contribution in [0.3, 0.4) is 0 Å². The Morgan fingerprint density at radius 1 is 1.33 bits per heavy atom. The van der Waals surface area contributed by atoms with Crippen LogP contribution >= 0.6 is 0 Å². The summed E-state index contributed by atoms with van der Waals surface area (Å²) >= 11 is 0. The third-order valence-corrected chi connectivity index (χ3v) is 1.46. The summed E-state index contributed by atoms with van der Waals surface area (Å²) in [5.41, 5.74) is 1.68. The highest BCUT2D eigenvalue weighted by atomic mass is 14.6. The number of hydrogen-bond donors (Lipinski definition) is 1. The SMILES string of the molecule is CC(C)(C)Cc1cccnc1.N. The summed E-state index contributed by atoms with van der Waals surface area (Å²) in [4.78, 5) is 4.07. The second kappa shape index (κ2) is 4.21. The molecule has 0 fully saturated rings. The maximum absolute atomic E-state index is 4.07. The lowest BCUT2D eigenvalue weighted by Gasteiger charge is -2.17. The molecule has 0 atom stereocenters. The van der Waals surface area contributed by atoms with E-state index in [-0.39, 0.29) is 6.15 Å².